The van der Waals surface area contributed by atoms with Crippen LogP contribution >= 0.6 is 12.2 Å². The Kier molecular flexibility index (Phi) is 5.06. The number of aryl methyl sites for hydroxylation is 1. The molecule has 0 amide bonds. The number of hydrogen-bond donors (Lipinski definition) is 1. The van der Waals surface area contributed by atoms with E-state index >= 15 is 0 Å². The van der Waals surface area contributed by atoms with Crippen molar-refractivity contribution < 1.29 is 8.42 Å². The van der Waals surface area contributed by atoms with E-state index in [0.717, 1.165) is 18.5 Å². The highest BCUT2D eigenvalue weighted by Crippen LogP contribution is 2.29. The van der Waals surface area contributed by atoms with Crippen LogP contribution in [0, 0.1) is 0 Å². The Morgan fingerprint density at radius 2 is 2.20 bits per heavy atom. The normalized spacial score (nSPS) is 15.4. The van der Waals surface area contributed by atoms with Crippen LogP contribution in [0.15, 0.2) is 24.4 Å². The van der Waals surface area contributed by atoms with Gasteiger partial charge in [0.1, 0.15) is 0 Å². The van der Waals surface area contributed by atoms with Crippen molar-refractivity contribution in [3.63, 3.8) is 0 Å². The second-order valence-electron chi connectivity index (χ2n) is 4.95. The van der Waals surface area contributed by atoms with Crippen molar-refractivity contribution in [1.82, 2.24) is 9.29 Å². The van der Waals surface area contributed by atoms with Gasteiger partial charge in [0.15, 0.2) is 0 Å². The topological polar surface area (TPSA) is 76.3 Å². The standard InChI is InChI=1S/C13H19N3O2S2/c14-13(19)6-9-16(12-4-5-12)20(17,18)10-7-11-3-1-2-8-15-11/h1-3,8,12H,4-7,9-10H2,(H2,14,19). The Bertz CT molecular complexity index is 556. The molecule has 1 fully saturated rings. The molecule has 1 saturated carbocycles. The molecule has 0 saturated heterocycles. The summed E-state index contributed by atoms with van der Waals surface area (Å²) in [5.41, 5.74) is 6.26. The molecule has 0 spiro atoms. The Balaban J connectivity index is 1.97. The van der Waals surface area contributed by atoms with E-state index in [-0.39, 0.29) is 11.8 Å². The van der Waals surface area contributed by atoms with E-state index in [1.165, 1.54) is 0 Å². The first-order valence-electron chi connectivity index (χ1n) is 6.67. The molecule has 5 nitrogen and oxygen atoms in total. The van der Waals surface area contributed by atoms with Crippen molar-refractivity contribution in [3.05, 3.63) is 30.1 Å². The molecule has 2 rings (SSSR count). The highest BCUT2D eigenvalue weighted by Gasteiger charge is 2.36. The lowest BCUT2D eigenvalue weighted by Crippen LogP contribution is -2.37. The fraction of sp³-hybridized carbons (Fsp3) is 0.538. The average molecular weight is 313 g/mol. The van der Waals surface area contributed by atoms with Crippen LogP contribution in [0.25, 0.3) is 0 Å². The van der Waals surface area contributed by atoms with Gasteiger partial charge in [0.05, 0.1) is 10.7 Å². The molecular weight excluding hydrogens is 294 g/mol. The maximum Gasteiger partial charge on any atom is 0.214 e. The molecule has 1 aliphatic carbocycles. The zero-order valence-electron chi connectivity index (χ0n) is 11.2. The largest absolute Gasteiger partial charge is 0.393 e. The van der Waals surface area contributed by atoms with Gasteiger partial charge in [0, 0.05) is 37.3 Å². The Morgan fingerprint density at radius 3 is 2.75 bits per heavy atom. The summed E-state index contributed by atoms with van der Waals surface area (Å²) in [5, 5.41) is 0. The van der Waals surface area contributed by atoms with Crippen molar-refractivity contribution in [2.75, 3.05) is 12.3 Å². The lowest BCUT2D eigenvalue weighted by Gasteiger charge is -2.21. The van der Waals surface area contributed by atoms with Gasteiger partial charge in [-0.1, -0.05) is 18.3 Å². The zero-order chi connectivity index (χ0) is 14.6. The van der Waals surface area contributed by atoms with E-state index < -0.39 is 10.0 Å². The van der Waals surface area contributed by atoms with Gasteiger partial charge in [-0.2, -0.15) is 4.31 Å². The second kappa shape index (κ2) is 6.60. The second-order valence-corrected chi connectivity index (χ2v) is 7.51. The van der Waals surface area contributed by atoms with Crippen LogP contribution in [0.3, 0.4) is 0 Å². The number of aromatic nitrogens is 1. The summed E-state index contributed by atoms with van der Waals surface area (Å²) in [6, 6.07) is 5.65. The molecule has 0 aliphatic heterocycles. The van der Waals surface area contributed by atoms with Crippen LogP contribution in [0.5, 0.6) is 0 Å². The van der Waals surface area contributed by atoms with Crippen LogP contribution < -0.4 is 5.73 Å². The molecule has 2 N–H and O–H groups in total. The summed E-state index contributed by atoms with van der Waals surface area (Å²) in [6.07, 6.45) is 4.40. The van der Waals surface area contributed by atoms with Crippen molar-refractivity contribution in [1.29, 1.82) is 0 Å². The minimum Gasteiger partial charge on any atom is -0.393 e. The summed E-state index contributed by atoms with van der Waals surface area (Å²) in [5.74, 6) is 0.0812. The molecule has 7 heteroatoms. The first-order chi connectivity index (χ1) is 9.49. The van der Waals surface area contributed by atoms with Gasteiger partial charge in [-0.25, -0.2) is 8.42 Å². The van der Waals surface area contributed by atoms with Gasteiger partial charge in [0.25, 0.3) is 0 Å². The molecule has 0 radical (unpaired) electrons. The summed E-state index contributed by atoms with van der Waals surface area (Å²) in [7, 11) is -3.27. The SMILES string of the molecule is NC(=S)CCN(C1CC1)S(=O)(=O)CCc1ccccn1. The van der Waals surface area contributed by atoms with Gasteiger partial charge in [-0.15, -0.1) is 0 Å². The van der Waals surface area contributed by atoms with Crippen LogP contribution in [0.4, 0.5) is 0 Å². The van der Waals surface area contributed by atoms with Gasteiger partial charge in [-0.05, 0) is 25.0 Å². The molecule has 1 aliphatic rings. The summed E-state index contributed by atoms with van der Waals surface area (Å²) >= 11 is 4.83. The zero-order valence-corrected chi connectivity index (χ0v) is 12.9. The molecule has 1 heterocycles. The molecule has 1 aromatic rings. The van der Waals surface area contributed by atoms with Crippen molar-refractivity contribution in [2.24, 2.45) is 5.73 Å². The first-order valence-corrected chi connectivity index (χ1v) is 8.68. The Hall–Kier alpha value is -1.05. The molecule has 1 aromatic heterocycles. The predicted molar refractivity (Wildman–Crippen MR) is 82.9 cm³/mol. The van der Waals surface area contributed by atoms with Crippen LogP contribution in [0.2, 0.25) is 0 Å². The van der Waals surface area contributed by atoms with Crippen LogP contribution in [-0.2, 0) is 16.4 Å². The molecule has 0 unspecified atom stereocenters. The quantitative estimate of drug-likeness (QED) is 0.727. The number of thiocarbonyl (C=S) groups is 1. The van der Waals surface area contributed by atoms with Crippen LogP contribution in [0.1, 0.15) is 25.0 Å². The highest BCUT2D eigenvalue weighted by atomic mass is 32.2. The third-order valence-corrected chi connectivity index (χ3v) is 5.35. The maximum absolute atomic E-state index is 12.4. The fourth-order valence-corrected chi connectivity index (χ4v) is 3.86. The van der Waals surface area contributed by atoms with Gasteiger partial charge >= 0.3 is 0 Å². The molecule has 0 atom stereocenters. The van der Waals surface area contributed by atoms with E-state index in [0.29, 0.717) is 24.4 Å². The van der Waals surface area contributed by atoms with Crippen molar-refractivity contribution >= 4 is 27.2 Å². The number of hydrogen-bond acceptors (Lipinski definition) is 4. The van der Waals surface area contributed by atoms with Crippen molar-refractivity contribution in [2.45, 2.75) is 31.7 Å². The third-order valence-electron chi connectivity index (χ3n) is 3.23. The van der Waals surface area contributed by atoms with Crippen molar-refractivity contribution in [3.8, 4) is 0 Å². The van der Waals surface area contributed by atoms with Gasteiger partial charge in [-0.3, -0.25) is 4.98 Å². The third kappa shape index (κ3) is 4.50. The van der Waals surface area contributed by atoms with E-state index in [2.05, 4.69) is 4.98 Å². The Morgan fingerprint density at radius 1 is 1.45 bits per heavy atom. The molecule has 110 valence electrons. The summed E-state index contributed by atoms with van der Waals surface area (Å²) < 4.78 is 26.4. The smallest absolute Gasteiger partial charge is 0.214 e. The number of nitrogens with zero attached hydrogens (tertiary/aromatic N) is 2. The fourth-order valence-electron chi connectivity index (χ4n) is 2.03. The summed E-state index contributed by atoms with van der Waals surface area (Å²) in [4.78, 5) is 4.51. The monoisotopic (exact) mass is 313 g/mol. The number of pyridine rings is 1. The summed E-state index contributed by atoms with van der Waals surface area (Å²) in [6.45, 7) is 0.393. The number of nitrogens with two attached hydrogens (primary N) is 1. The van der Waals surface area contributed by atoms with E-state index in [1.807, 2.05) is 18.2 Å². The highest BCUT2D eigenvalue weighted by molar-refractivity contribution is 7.89. The van der Waals surface area contributed by atoms with E-state index in [9.17, 15) is 8.42 Å². The van der Waals surface area contributed by atoms with E-state index in [1.54, 1.807) is 10.5 Å². The van der Waals surface area contributed by atoms with Crippen LogP contribution in [-0.4, -0.2) is 41.0 Å². The minimum atomic E-state index is -3.27. The first kappa shape index (κ1) is 15.3. The number of sulfonamides is 1. The predicted octanol–water partition coefficient (Wildman–Crippen LogP) is 1.09. The lowest BCUT2D eigenvalue weighted by molar-refractivity contribution is 0.413. The van der Waals surface area contributed by atoms with Gasteiger partial charge < -0.3 is 5.73 Å². The molecular formula is C13H19N3O2S2. The molecule has 0 aromatic carbocycles. The molecule has 0 bridgehead atoms. The number of rotatable bonds is 8. The lowest BCUT2D eigenvalue weighted by atomic mass is 10.3. The van der Waals surface area contributed by atoms with E-state index in [4.69, 9.17) is 18.0 Å². The minimum absolute atomic E-state index is 0.0812. The molecule has 20 heavy (non-hydrogen) atoms. The van der Waals surface area contributed by atoms with Gasteiger partial charge in [0.2, 0.25) is 10.0 Å². The average Bonchev–Trinajstić information content (AvgIpc) is 3.22. The Labute approximate surface area is 125 Å². The maximum atomic E-state index is 12.4.